The fourth-order valence-electron chi connectivity index (χ4n) is 2.39. The first-order valence-electron chi connectivity index (χ1n) is 7.28. The Hall–Kier alpha value is -1.45. The Morgan fingerprint density at radius 3 is 2.43 bits per heavy atom. The number of Topliss-reactive ketones (excluding diaryl/α,β-unsaturated/α-hetero) is 1. The van der Waals surface area contributed by atoms with E-state index in [0.717, 1.165) is 5.56 Å². The third-order valence-corrected chi connectivity index (χ3v) is 5.39. The van der Waals surface area contributed by atoms with Gasteiger partial charge in [0.05, 0.1) is 6.04 Å². The Balaban J connectivity index is 2.16. The van der Waals surface area contributed by atoms with Crippen LogP contribution in [-0.2, 0) is 0 Å². The number of ketones is 1. The van der Waals surface area contributed by atoms with Crippen LogP contribution in [0, 0.1) is 13.8 Å². The van der Waals surface area contributed by atoms with Crippen molar-refractivity contribution in [1.29, 1.82) is 0 Å². The molecule has 0 spiro atoms. The summed E-state index contributed by atoms with van der Waals surface area (Å²) in [5.41, 5.74) is 3.19. The molecule has 0 radical (unpaired) electrons. The molecular weight excluding hydrogens is 278 g/mol. The van der Waals surface area contributed by atoms with Crippen LogP contribution in [0.3, 0.4) is 0 Å². The molecule has 0 N–H and O–H groups in total. The molecule has 1 aromatic heterocycles. The average Bonchev–Trinajstić information content (AvgIpc) is 3.01. The molecule has 0 bridgehead atoms. The van der Waals surface area contributed by atoms with Crippen LogP contribution in [0.4, 0.5) is 0 Å². The van der Waals surface area contributed by atoms with Crippen molar-refractivity contribution in [2.45, 2.75) is 39.8 Å². The average molecular weight is 301 g/mol. The summed E-state index contributed by atoms with van der Waals surface area (Å²) in [5, 5.41) is 2.08. The number of benzene rings is 1. The number of rotatable bonds is 5. The van der Waals surface area contributed by atoms with Crippen molar-refractivity contribution in [3.63, 3.8) is 0 Å². The Labute approximate surface area is 131 Å². The first-order valence-corrected chi connectivity index (χ1v) is 8.16. The van der Waals surface area contributed by atoms with Gasteiger partial charge < -0.3 is 0 Å². The summed E-state index contributed by atoms with van der Waals surface area (Å²) in [6.07, 6.45) is 0. The molecule has 1 heterocycles. The van der Waals surface area contributed by atoms with Crippen molar-refractivity contribution in [2.75, 3.05) is 7.05 Å². The summed E-state index contributed by atoms with van der Waals surface area (Å²) < 4.78 is 0. The van der Waals surface area contributed by atoms with Gasteiger partial charge in [-0.3, -0.25) is 9.69 Å². The molecule has 2 nitrogen and oxygen atoms in total. The van der Waals surface area contributed by atoms with E-state index in [1.54, 1.807) is 11.3 Å². The molecule has 2 rings (SSSR count). The number of carbonyl (C=O) groups is 1. The van der Waals surface area contributed by atoms with Gasteiger partial charge in [0.15, 0.2) is 5.78 Å². The zero-order chi connectivity index (χ0) is 15.6. The van der Waals surface area contributed by atoms with Gasteiger partial charge in [0, 0.05) is 16.5 Å². The fourth-order valence-corrected chi connectivity index (χ4v) is 3.22. The van der Waals surface area contributed by atoms with E-state index in [4.69, 9.17) is 0 Å². The van der Waals surface area contributed by atoms with Crippen LogP contribution in [0.5, 0.6) is 0 Å². The Bertz CT molecular complexity index is 618. The molecular formula is C18H23NOS. The lowest BCUT2D eigenvalue weighted by atomic mass is 9.99. The lowest BCUT2D eigenvalue weighted by Crippen LogP contribution is -2.37. The minimum atomic E-state index is -0.135. The summed E-state index contributed by atoms with van der Waals surface area (Å²) in [4.78, 5) is 16.1. The van der Waals surface area contributed by atoms with Crippen LogP contribution in [0.1, 0.15) is 46.3 Å². The Morgan fingerprint density at radius 2 is 1.86 bits per heavy atom. The van der Waals surface area contributed by atoms with Gasteiger partial charge in [-0.25, -0.2) is 0 Å². The number of hydrogen-bond donors (Lipinski definition) is 0. The maximum atomic E-state index is 12.7. The Kier molecular flexibility index (Phi) is 4.96. The van der Waals surface area contributed by atoms with Crippen LogP contribution in [0.15, 0.2) is 35.7 Å². The van der Waals surface area contributed by atoms with Gasteiger partial charge in [-0.15, -0.1) is 11.3 Å². The van der Waals surface area contributed by atoms with Crippen molar-refractivity contribution < 1.29 is 4.79 Å². The molecule has 2 aromatic rings. The molecule has 112 valence electrons. The third kappa shape index (κ3) is 3.42. The summed E-state index contributed by atoms with van der Waals surface area (Å²) in [6, 6.07) is 10.2. The van der Waals surface area contributed by atoms with Crippen molar-refractivity contribution in [2.24, 2.45) is 0 Å². The molecule has 0 aliphatic rings. The number of carbonyl (C=O) groups excluding carboxylic acids is 1. The van der Waals surface area contributed by atoms with Crippen LogP contribution >= 0.6 is 11.3 Å². The Morgan fingerprint density at radius 1 is 1.14 bits per heavy atom. The highest BCUT2D eigenvalue weighted by Gasteiger charge is 2.24. The third-order valence-electron chi connectivity index (χ3n) is 4.35. The number of aryl methyl sites for hydroxylation is 2. The molecule has 0 aliphatic carbocycles. The maximum Gasteiger partial charge on any atom is 0.179 e. The predicted molar refractivity (Wildman–Crippen MR) is 90.2 cm³/mol. The largest absolute Gasteiger partial charge is 0.292 e. The summed E-state index contributed by atoms with van der Waals surface area (Å²) in [6.45, 7) is 8.25. The minimum absolute atomic E-state index is 0.135. The summed E-state index contributed by atoms with van der Waals surface area (Å²) in [7, 11) is 2.02. The number of thiophene rings is 1. The highest BCUT2D eigenvalue weighted by molar-refractivity contribution is 7.10. The molecule has 21 heavy (non-hydrogen) atoms. The van der Waals surface area contributed by atoms with E-state index in [1.807, 2.05) is 32.2 Å². The van der Waals surface area contributed by atoms with Crippen LogP contribution in [-0.4, -0.2) is 23.8 Å². The second-order valence-electron chi connectivity index (χ2n) is 5.70. The zero-order valence-electron chi connectivity index (χ0n) is 13.4. The molecule has 0 amide bonds. The zero-order valence-corrected chi connectivity index (χ0v) is 14.2. The van der Waals surface area contributed by atoms with E-state index in [-0.39, 0.29) is 17.9 Å². The fraction of sp³-hybridized carbons (Fsp3) is 0.389. The van der Waals surface area contributed by atoms with Gasteiger partial charge >= 0.3 is 0 Å². The van der Waals surface area contributed by atoms with Crippen molar-refractivity contribution in [3.8, 4) is 0 Å². The highest BCUT2D eigenvalue weighted by Crippen LogP contribution is 2.26. The standard InChI is InChI=1S/C18H23NOS/c1-12-8-9-16(11-13(12)2)18(20)15(4)19(5)14(3)17-7-6-10-21-17/h6-11,14-15H,1-5H3. The van der Waals surface area contributed by atoms with Crippen molar-refractivity contribution in [3.05, 3.63) is 57.3 Å². The number of hydrogen-bond acceptors (Lipinski definition) is 3. The van der Waals surface area contributed by atoms with E-state index < -0.39 is 0 Å². The first-order chi connectivity index (χ1) is 9.91. The van der Waals surface area contributed by atoms with Gasteiger partial charge in [0.2, 0.25) is 0 Å². The maximum absolute atomic E-state index is 12.7. The predicted octanol–water partition coefficient (Wildman–Crippen LogP) is 4.63. The molecule has 2 unspecified atom stereocenters. The molecule has 0 fully saturated rings. The van der Waals surface area contributed by atoms with Crippen LogP contribution < -0.4 is 0 Å². The SMILES string of the molecule is Cc1ccc(C(=O)C(C)N(C)C(C)c2cccs2)cc1C. The quantitative estimate of drug-likeness (QED) is 0.750. The van der Waals surface area contributed by atoms with Gasteiger partial charge in [-0.2, -0.15) is 0 Å². The smallest absolute Gasteiger partial charge is 0.179 e. The second kappa shape index (κ2) is 6.54. The summed E-state index contributed by atoms with van der Waals surface area (Å²) >= 11 is 1.74. The molecule has 1 aromatic carbocycles. The molecule has 0 saturated carbocycles. The van der Waals surface area contributed by atoms with E-state index in [2.05, 4.69) is 43.2 Å². The lowest BCUT2D eigenvalue weighted by molar-refractivity contribution is 0.0828. The minimum Gasteiger partial charge on any atom is -0.292 e. The molecule has 0 aliphatic heterocycles. The monoisotopic (exact) mass is 301 g/mol. The topological polar surface area (TPSA) is 20.3 Å². The number of likely N-dealkylation sites (N-methyl/N-ethyl adjacent to an activating group) is 1. The van der Waals surface area contributed by atoms with Crippen molar-refractivity contribution >= 4 is 17.1 Å². The van der Waals surface area contributed by atoms with E-state index in [0.29, 0.717) is 0 Å². The molecule has 2 atom stereocenters. The van der Waals surface area contributed by atoms with E-state index in [1.165, 1.54) is 16.0 Å². The lowest BCUT2D eigenvalue weighted by Gasteiger charge is -2.29. The highest BCUT2D eigenvalue weighted by atomic mass is 32.1. The van der Waals surface area contributed by atoms with Crippen molar-refractivity contribution in [1.82, 2.24) is 4.90 Å². The van der Waals surface area contributed by atoms with Gasteiger partial charge in [0.1, 0.15) is 0 Å². The van der Waals surface area contributed by atoms with Gasteiger partial charge in [0.25, 0.3) is 0 Å². The van der Waals surface area contributed by atoms with Crippen LogP contribution in [0.2, 0.25) is 0 Å². The normalized spacial score (nSPS) is 14.2. The summed E-state index contributed by atoms with van der Waals surface area (Å²) in [5.74, 6) is 0.184. The molecule has 0 saturated heterocycles. The van der Waals surface area contributed by atoms with Gasteiger partial charge in [-0.05, 0) is 63.4 Å². The molecule has 3 heteroatoms. The second-order valence-corrected chi connectivity index (χ2v) is 6.68. The first kappa shape index (κ1) is 15.9. The van der Waals surface area contributed by atoms with Crippen LogP contribution in [0.25, 0.3) is 0 Å². The van der Waals surface area contributed by atoms with E-state index >= 15 is 0 Å². The number of nitrogens with zero attached hydrogens (tertiary/aromatic N) is 1. The van der Waals surface area contributed by atoms with Gasteiger partial charge in [-0.1, -0.05) is 18.2 Å². The van der Waals surface area contributed by atoms with E-state index in [9.17, 15) is 4.79 Å².